The molecule has 1 atom stereocenters. The molecular weight excluding hydrogens is 279 g/mol. The highest BCUT2D eigenvalue weighted by Crippen LogP contribution is 2.24. The van der Waals surface area contributed by atoms with Crippen molar-refractivity contribution in [1.82, 2.24) is 9.97 Å². The normalized spacial score (nSPS) is 11.9. The monoisotopic (exact) mass is 298 g/mol. The molecule has 2 aromatic rings. The number of aromatic nitrogens is 2. The van der Waals surface area contributed by atoms with Crippen LogP contribution in [-0.4, -0.2) is 27.7 Å². The molecule has 7 heteroatoms. The third-order valence-electron chi connectivity index (χ3n) is 2.89. The number of hydrogen-bond acceptors (Lipinski definition) is 5. The van der Waals surface area contributed by atoms with Crippen molar-refractivity contribution in [2.24, 2.45) is 0 Å². The van der Waals surface area contributed by atoms with Crippen molar-refractivity contribution in [3.8, 4) is 0 Å². The SMILES string of the molecule is CCC[C@@H](CO)Nc1nc(N)nc2c(F)cccc12.S. The molecule has 0 unspecified atom stereocenters. The van der Waals surface area contributed by atoms with Crippen LogP contribution in [0.4, 0.5) is 16.2 Å². The Morgan fingerprint density at radius 2 is 2.15 bits per heavy atom. The van der Waals surface area contributed by atoms with Crippen molar-refractivity contribution in [3.63, 3.8) is 0 Å². The predicted octanol–water partition coefficient (Wildman–Crippen LogP) is 2.04. The van der Waals surface area contributed by atoms with E-state index in [-0.39, 0.29) is 37.6 Å². The quantitative estimate of drug-likeness (QED) is 0.786. The summed E-state index contributed by atoms with van der Waals surface area (Å²) in [6.45, 7) is 2.00. The van der Waals surface area contributed by atoms with Gasteiger partial charge in [-0.05, 0) is 18.6 Å². The fraction of sp³-hybridized carbons (Fsp3) is 0.385. The van der Waals surface area contributed by atoms with E-state index in [1.54, 1.807) is 12.1 Å². The smallest absolute Gasteiger partial charge is 0.222 e. The average molecular weight is 298 g/mol. The van der Waals surface area contributed by atoms with E-state index >= 15 is 0 Å². The molecule has 0 saturated heterocycles. The maximum Gasteiger partial charge on any atom is 0.222 e. The number of nitrogens with zero attached hydrogens (tertiary/aromatic N) is 2. The van der Waals surface area contributed by atoms with Gasteiger partial charge in [0.2, 0.25) is 5.95 Å². The molecule has 2 rings (SSSR count). The Kier molecular flexibility index (Phi) is 5.97. The third-order valence-corrected chi connectivity index (χ3v) is 2.89. The van der Waals surface area contributed by atoms with Gasteiger partial charge in [0.25, 0.3) is 0 Å². The summed E-state index contributed by atoms with van der Waals surface area (Å²) in [7, 11) is 0. The van der Waals surface area contributed by atoms with E-state index in [1.807, 2.05) is 6.92 Å². The number of benzene rings is 1. The summed E-state index contributed by atoms with van der Waals surface area (Å²) in [6, 6.07) is 4.51. The van der Waals surface area contributed by atoms with Crippen LogP contribution in [-0.2, 0) is 0 Å². The lowest BCUT2D eigenvalue weighted by Crippen LogP contribution is -2.24. The Hall–Kier alpha value is -1.60. The van der Waals surface area contributed by atoms with Gasteiger partial charge in [0.15, 0.2) is 0 Å². The average Bonchev–Trinajstić information content (AvgIpc) is 2.39. The van der Waals surface area contributed by atoms with E-state index < -0.39 is 5.82 Å². The summed E-state index contributed by atoms with van der Waals surface area (Å²) < 4.78 is 13.7. The van der Waals surface area contributed by atoms with Crippen LogP contribution in [0.1, 0.15) is 19.8 Å². The Morgan fingerprint density at radius 1 is 1.40 bits per heavy atom. The predicted molar refractivity (Wildman–Crippen MR) is 83.7 cm³/mol. The summed E-state index contributed by atoms with van der Waals surface area (Å²) in [5, 5.41) is 13.0. The Labute approximate surface area is 123 Å². The molecule has 0 radical (unpaired) electrons. The van der Waals surface area contributed by atoms with Crippen molar-refractivity contribution in [2.75, 3.05) is 17.7 Å². The molecule has 0 saturated carbocycles. The molecule has 0 aliphatic heterocycles. The largest absolute Gasteiger partial charge is 0.394 e. The van der Waals surface area contributed by atoms with E-state index in [4.69, 9.17) is 5.73 Å². The highest BCUT2D eigenvalue weighted by Gasteiger charge is 2.13. The number of nitrogens with one attached hydrogen (secondary N) is 1. The lowest BCUT2D eigenvalue weighted by Gasteiger charge is -2.17. The van der Waals surface area contributed by atoms with Crippen LogP contribution in [0.15, 0.2) is 18.2 Å². The van der Waals surface area contributed by atoms with Gasteiger partial charge < -0.3 is 16.2 Å². The zero-order valence-electron chi connectivity index (χ0n) is 11.2. The molecular formula is C13H19FN4OS. The second-order valence-corrected chi connectivity index (χ2v) is 4.38. The standard InChI is InChI=1S/C13H17FN4O.H2S/c1-2-4-8(7-19)16-12-9-5-3-6-10(14)11(9)17-13(15)18-12;/h3,5-6,8,19H,2,4,7H2,1H3,(H3,15,16,17,18);1H2/t8-;/m0./s1. The van der Waals surface area contributed by atoms with E-state index in [0.29, 0.717) is 11.2 Å². The summed E-state index contributed by atoms with van der Waals surface area (Å²) in [5.41, 5.74) is 5.78. The van der Waals surface area contributed by atoms with Gasteiger partial charge in [0, 0.05) is 5.39 Å². The summed E-state index contributed by atoms with van der Waals surface area (Å²) in [5.74, 6) is 0.0217. The van der Waals surface area contributed by atoms with Gasteiger partial charge in [-0.25, -0.2) is 9.37 Å². The summed E-state index contributed by atoms with van der Waals surface area (Å²) in [4.78, 5) is 7.99. The van der Waals surface area contributed by atoms with Gasteiger partial charge >= 0.3 is 0 Å². The number of aliphatic hydroxyl groups is 1. The molecule has 0 aliphatic rings. The Bertz CT molecular complexity index is 582. The highest BCUT2D eigenvalue weighted by molar-refractivity contribution is 7.59. The molecule has 0 aliphatic carbocycles. The molecule has 4 N–H and O–H groups in total. The fourth-order valence-electron chi connectivity index (χ4n) is 2.00. The van der Waals surface area contributed by atoms with E-state index in [2.05, 4.69) is 15.3 Å². The second-order valence-electron chi connectivity index (χ2n) is 4.38. The van der Waals surface area contributed by atoms with Gasteiger partial charge in [0.05, 0.1) is 12.6 Å². The number of para-hydroxylation sites is 1. The molecule has 0 fully saturated rings. The first kappa shape index (κ1) is 16.5. The van der Waals surface area contributed by atoms with Crippen LogP contribution in [0.2, 0.25) is 0 Å². The summed E-state index contributed by atoms with van der Waals surface area (Å²) >= 11 is 0. The Morgan fingerprint density at radius 3 is 2.80 bits per heavy atom. The number of fused-ring (bicyclic) bond motifs is 1. The fourth-order valence-corrected chi connectivity index (χ4v) is 2.00. The molecule has 0 amide bonds. The maximum absolute atomic E-state index is 13.7. The minimum atomic E-state index is -0.439. The van der Waals surface area contributed by atoms with Crippen LogP contribution in [0.5, 0.6) is 0 Å². The van der Waals surface area contributed by atoms with E-state index in [0.717, 1.165) is 12.8 Å². The molecule has 110 valence electrons. The number of aliphatic hydroxyl groups excluding tert-OH is 1. The van der Waals surface area contributed by atoms with Gasteiger partial charge in [-0.15, -0.1) is 0 Å². The van der Waals surface area contributed by atoms with Crippen LogP contribution in [0.25, 0.3) is 10.9 Å². The zero-order valence-corrected chi connectivity index (χ0v) is 12.2. The molecule has 0 bridgehead atoms. The van der Waals surface area contributed by atoms with Crippen molar-refractivity contribution < 1.29 is 9.50 Å². The first-order chi connectivity index (χ1) is 9.15. The second kappa shape index (κ2) is 7.25. The van der Waals surface area contributed by atoms with Gasteiger partial charge in [-0.1, -0.05) is 19.4 Å². The van der Waals surface area contributed by atoms with E-state index in [1.165, 1.54) is 6.07 Å². The van der Waals surface area contributed by atoms with Crippen LogP contribution < -0.4 is 11.1 Å². The lowest BCUT2D eigenvalue weighted by molar-refractivity contribution is 0.268. The van der Waals surface area contributed by atoms with Gasteiger partial charge in [-0.2, -0.15) is 18.5 Å². The minimum Gasteiger partial charge on any atom is -0.394 e. The molecule has 1 heterocycles. The van der Waals surface area contributed by atoms with Crippen LogP contribution in [0, 0.1) is 5.82 Å². The third kappa shape index (κ3) is 3.49. The summed E-state index contributed by atoms with van der Waals surface area (Å²) in [6.07, 6.45) is 1.71. The van der Waals surface area contributed by atoms with Gasteiger partial charge in [-0.3, -0.25) is 0 Å². The molecule has 1 aromatic carbocycles. The van der Waals surface area contributed by atoms with Crippen LogP contribution >= 0.6 is 13.5 Å². The van der Waals surface area contributed by atoms with Crippen molar-refractivity contribution >= 4 is 36.2 Å². The lowest BCUT2D eigenvalue weighted by atomic mass is 10.1. The minimum absolute atomic E-state index is 0. The number of nitrogen functional groups attached to an aromatic ring is 1. The number of halogens is 1. The number of hydrogen-bond donors (Lipinski definition) is 3. The maximum atomic E-state index is 13.7. The number of rotatable bonds is 5. The number of nitrogens with two attached hydrogens (primary N) is 1. The first-order valence-electron chi connectivity index (χ1n) is 6.24. The van der Waals surface area contributed by atoms with Crippen molar-refractivity contribution in [1.29, 1.82) is 0 Å². The first-order valence-corrected chi connectivity index (χ1v) is 6.24. The topological polar surface area (TPSA) is 84.1 Å². The van der Waals surface area contributed by atoms with E-state index in [9.17, 15) is 9.50 Å². The van der Waals surface area contributed by atoms with Gasteiger partial charge in [0.1, 0.15) is 17.2 Å². The molecule has 5 nitrogen and oxygen atoms in total. The highest BCUT2D eigenvalue weighted by atomic mass is 32.1. The van der Waals surface area contributed by atoms with Crippen molar-refractivity contribution in [3.05, 3.63) is 24.0 Å². The molecule has 0 spiro atoms. The molecule has 1 aromatic heterocycles. The zero-order chi connectivity index (χ0) is 13.8. The van der Waals surface area contributed by atoms with Crippen LogP contribution in [0.3, 0.4) is 0 Å². The molecule has 20 heavy (non-hydrogen) atoms. The Balaban J connectivity index is 0.00000200. The number of anilines is 2. The van der Waals surface area contributed by atoms with Crippen molar-refractivity contribution in [2.45, 2.75) is 25.8 Å².